The molecule has 0 saturated carbocycles. The molecule has 0 aliphatic rings. The van der Waals surface area contributed by atoms with Crippen LogP contribution in [0.5, 0.6) is 0 Å². The van der Waals surface area contributed by atoms with Crippen LogP contribution in [0.2, 0.25) is 0 Å². The second-order valence-electron chi connectivity index (χ2n) is 2.50. The van der Waals surface area contributed by atoms with Crippen LogP contribution < -0.4 is 5.73 Å². The van der Waals surface area contributed by atoms with Gasteiger partial charge in [0, 0.05) is 5.56 Å². The first-order valence-corrected chi connectivity index (χ1v) is 3.61. The van der Waals surface area contributed by atoms with E-state index in [0.717, 1.165) is 0 Å². The highest BCUT2D eigenvalue weighted by Gasteiger charge is 2.22. The standard InChI is InChI=1S/C8H7F4N/c1-2-3-4(9)6(11)7(12)8(13)5(3)10/h2,13H2,1H3. The molecule has 0 aromatic heterocycles. The Hall–Kier alpha value is -1.26. The molecule has 0 aliphatic carbocycles. The van der Waals surface area contributed by atoms with Gasteiger partial charge in [-0.25, -0.2) is 17.6 Å². The van der Waals surface area contributed by atoms with Crippen LogP contribution in [0.15, 0.2) is 0 Å². The summed E-state index contributed by atoms with van der Waals surface area (Å²) in [6.07, 6.45) is -0.0843. The molecule has 1 aromatic rings. The normalized spacial score (nSPS) is 10.5. The summed E-state index contributed by atoms with van der Waals surface area (Å²) in [7, 11) is 0. The lowest BCUT2D eigenvalue weighted by molar-refractivity contribution is 0.429. The summed E-state index contributed by atoms with van der Waals surface area (Å²) >= 11 is 0. The number of rotatable bonds is 1. The van der Waals surface area contributed by atoms with E-state index in [2.05, 4.69) is 0 Å². The summed E-state index contributed by atoms with van der Waals surface area (Å²) in [6.45, 7) is 1.41. The molecule has 0 aliphatic heterocycles. The Morgan fingerprint density at radius 2 is 1.46 bits per heavy atom. The minimum Gasteiger partial charge on any atom is -0.394 e. The van der Waals surface area contributed by atoms with E-state index in [9.17, 15) is 17.6 Å². The first-order chi connectivity index (χ1) is 6.00. The molecule has 2 N–H and O–H groups in total. The molecule has 0 amide bonds. The van der Waals surface area contributed by atoms with E-state index in [0.29, 0.717) is 0 Å². The van der Waals surface area contributed by atoms with E-state index in [1.54, 1.807) is 0 Å². The Bertz CT molecular complexity index is 319. The summed E-state index contributed by atoms with van der Waals surface area (Å²) in [5.41, 5.74) is 3.36. The maximum Gasteiger partial charge on any atom is 0.197 e. The van der Waals surface area contributed by atoms with E-state index >= 15 is 0 Å². The van der Waals surface area contributed by atoms with Gasteiger partial charge < -0.3 is 5.73 Å². The summed E-state index contributed by atoms with van der Waals surface area (Å²) in [4.78, 5) is 0. The van der Waals surface area contributed by atoms with Gasteiger partial charge in [-0.05, 0) is 6.42 Å². The van der Waals surface area contributed by atoms with Crippen LogP contribution in [0.3, 0.4) is 0 Å². The van der Waals surface area contributed by atoms with Crippen LogP contribution in [0.25, 0.3) is 0 Å². The van der Waals surface area contributed by atoms with Gasteiger partial charge in [-0.2, -0.15) is 0 Å². The van der Waals surface area contributed by atoms with Gasteiger partial charge in [-0.1, -0.05) is 6.92 Å². The van der Waals surface area contributed by atoms with Gasteiger partial charge >= 0.3 is 0 Å². The smallest absolute Gasteiger partial charge is 0.197 e. The molecule has 0 bridgehead atoms. The highest BCUT2D eigenvalue weighted by Crippen LogP contribution is 2.25. The van der Waals surface area contributed by atoms with Gasteiger partial charge in [0.05, 0.1) is 0 Å². The number of nitrogens with two attached hydrogens (primary N) is 1. The average Bonchev–Trinajstić information content (AvgIpc) is 2.13. The number of hydrogen-bond donors (Lipinski definition) is 1. The molecular formula is C8H7F4N. The molecule has 1 nitrogen and oxygen atoms in total. The number of anilines is 1. The van der Waals surface area contributed by atoms with Crippen molar-refractivity contribution >= 4 is 5.69 Å². The zero-order valence-electron chi connectivity index (χ0n) is 6.80. The van der Waals surface area contributed by atoms with Crippen molar-refractivity contribution in [2.24, 2.45) is 0 Å². The Labute approximate surface area is 72.2 Å². The van der Waals surface area contributed by atoms with Crippen LogP contribution in [0.4, 0.5) is 23.2 Å². The number of nitrogen functional groups attached to an aromatic ring is 1. The van der Waals surface area contributed by atoms with E-state index in [1.807, 2.05) is 0 Å². The van der Waals surface area contributed by atoms with E-state index in [4.69, 9.17) is 5.73 Å². The fourth-order valence-electron chi connectivity index (χ4n) is 1.01. The quantitative estimate of drug-likeness (QED) is 0.315. The molecule has 0 unspecified atom stereocenters. The zero-order chi connectivity index (χ0) is 10.2. The van der Waals surface area contributed by atoms with Crippen LogP contribution in [-0.4, -0.2) is 0 Å². The first kappa shape index (κ1) is 9.83. The lowest BCUT2D eigenvalue weighted by Gasteiger charge is -2.06. The zero-order valence-corrected chi connectivity index (χ0v) is 6.80. The number of benzene rings is 1. The molecule has 0 saturated heterocycles. The second kappa shape index (κ2) is 3.24. The third kappa shape index (κ3) is 1.34. The van der Waals surface area contributed by atoms with Gasteiger partial charge in [0.15, 0.2) is 23.3 Å². The molecule has 5 heteroatoms. The third-order valence-corrected chi connectivity index (χ3v) is 1.74. The summed E-state index contributed by atoms with van der Waals surface area (Å²) in [5, 5.41) is 0. The minimum atomic E-state index is -1.73. The predicted octanol–water partition coefficient (Wildman–Crippen LogP) is 2.39. The van der Waals surface area contributed by atoms with E-state index < -0.39 is 34.5 Å². The van der Waals surface area contributed by atoms with Crippen LogP contribution in [0.1, 0.15) is 12.5 Å². The van der Waals surface area contributed by atoms with Crippen molar-refractivity contribution in [2.45, 2.75) is 13.3 Å². The predicted molar refractivity (Wildman–Crippen MR) is 40.1 cm³/mol. The number of halogens is 4. The molecule has 0 radical (unpaired) electrons. The highest BCUT2D eigenvalue weighted by molar-refractivity contribution is 5.46. The fraction of sp³-hybridized carbons (Fsp3) is 0.250. The van der Waals surface area contributed by atoms with Crippen molar-refractivity contribution < 1.29 is 17.6 Å². The van der Waals surface area contributed by atoms with Crippen molar-refractivity contribution in [3.63, 3.8) is 0 Å². The van der Waals surface area contributed by atoms with Gasteiger partial charge in [-0.15, -0.1) is 0 Å². The SMILES string of the molecule is CCc1c(F)c(N)c(F)c(F)c1F. The topological polar surface area (TPSA) is 26.0 Å². The van der Waals surface area contributed by atoms with Crippen molar-refractivity contribution in [1.82, 2.24) is 0 Å². The van der Waals surface area contributed by atoms with Crippen molar-refractivity contribution in [3.8, 4) is 0 Å². The molecular weight excluding hydrogens is 186 g/mol. The van der Waals surface area contributed by atoms with Gasteiger partial charge in [-0.3, -0.25) is 0 Å². The first-order valence-electron chi connectivity index (χ1n) is 3.61. The molecule has 0 heterocycles. The fourth-order valence-corrected chi connectivity index (χ4v) is 1.01. The van der Waals surface area contributed by atoms with Gasteiger partial charge in [0.25, 0.3) is 0 Å². The highest BCUT2D eigenvalue weighted by atomic mass is 19.2. The van der Waals surface area contributed by atoms with Gasteiger partial charge in [0.2, 0.25) is 0 Å². The van der Waals surface area contributed by atoms with Crippen LogP contribution in [-0.2, 0) is 6.42 Å². The molecule has 72 valence electrons. The van der Waals surface area contributed by atoms with Crippen LogP contribution in [0, 0.1) is 23.3 Å². The molecule has 1 rings (SSSR count). The van der Waals surface area contributed by atoms with E-state index in [-0.39, 0.29) is 6.42 Å². The molecule has 1 aromatic carbocycles. The molecule has 13 heavy (non-hydrogen) atoms. The Morgan fingerprint density at radius 3 is 1.92 bits per heavy atom. The average molecular weight is 193 g/mol. The summed E-state index contributed by atoms with van der Waals surface area (Å²) in [5.74, 6) is -6.13. The van der Waals surface area contributed by atoms with Crippen molar-refractivity contribution in [3.05, 3.63) is 28.8 Å². The monoisotopic (exact) mass is 193 g/mol. The lowest BCUT2D eigenvalue weighted by atomic mass is 10.1. The van der Waals surface area contributed by atoms with Crippen molar-refractivity contribution in [2.75, 3.05) is 5.73 Å². The Kier molecular flexibility index (Phi) is 2.45. The molecule has 0 atom stereocenters. The second-order valence-corrected chi connectivity index (χ2v) is 2.50. The third-order valence-electron chi connectivity index (χ3n) is 1.74. The van der Waals surface area contributed by atoms with E-state index in [1.165, 1.54) is 6.92 Å². The maximum absolute atomic E-state index is 12.9. The minimum absolute atomic E-state index is 0.0843. The van der Waals surface area contributed by atoms with Crippen LogP contribution >= 0.6 is 0 Å². The molecule has 0 spiro atoms. The van der Waals surface area contributed by atoms with Gasteiger partial charge in [0.1, 0.15) is 5.69 Å². The Morgan fingerprint density at radius 1 is 0.923 bits per heavy atom. The number of hydrogen-bond acceptors (Lipinski definition) is 1. The van der Waals surface area contributed by atoms with Crippen molar-refractivity contribution in [1.29, 1.82) is 0 Å². The molecule has 0 fully saturated rings. The Balaban J connectivity index is 3.56. The summed E-state index contributed by atoms with van der Waals surface area (Å²) in [6, 6.07) is 0. The largest absolute Gasteiger partial charge is 0.394 e. The maximum atomic E-state index is 12.9. The lowest BCUT2D eigenvalue weighted by Crippen LogP contribution is -2.07. The summed E-state index contributed by atoms with van der Waals surface area (Å²) < 4.78 is 50.9.